The lowest BCUT2D eigenvalue weighted by Gasteiger charge is -2.33. The van der Waals surface area contributed by atoms with E-state index in [2.05, 4.69) is 323 Å². The molecule has 0 saturated carbocycles. The molecule has 0 aliphatic heterocycles. The van der Waals surface area contributed by atoms with Gasteiger partial charge in [0.25, 0.3) is 0 Å². The summed E-state index contributed by atoms with van der Waals surface area (Å²) >= 11 is 0. The van der Waals surface area contributed by atoms with Gasteiger partial charge in [0.15, 0.2) is 0 Å². The van der Waals surface area contributed by atoms with Crippen LogP contribution in [0.3, 0.4) is 0 Å². The Bertz CT molecular complexity index is 5040. The number of rotatable bonds is 6. The van der Waals surface area contributed by atoms with Crippen LogP contribution in [0.25, 0.3) is 87.7 Å². The molecule has 0 atom stereocenters. The first-order valence-corrected chi connectivity index (χ1v) is 31.7. The molecule has 0 bridgehead atoms. The monoisotopic (exact) mass is 1150 g/mol. The molecule has 2 aliphatic carbocycles. The van der Waals surface area contributed by atoms with Gasteiger partial charge in [0.2, 0.25) is 0 Å². The molecule has 0 saturated heterocycles. The zero-order chi connectivity index (χ0) is 61.3. The zero-order valence-corrected chi connectivity index (χ0v) is 53.2. The molecule has 436 valence electrons. The summed E-state index contributed by atoms with van der Waals surface area (Å²) in [5.74, 6) is 0. The number of fused-ring (bicyclic) bond motifs is 24. The minimum Gasteiger partial charge on any atom is -0.455 e. The van der Waals surface area contributed by atoms with E-state index in [0.29, 0.717) is 0 Å². The zero-order valence-electron chi connectivity index (χ0n) is 53.2. The average Bonchev–Trinajstić information content (AvgIpc) is 1.48. The highest BCUT2D eigenvalue weighted by Gasteiger charge is 2.55. The Labute approximate surface area is 522 Å². The molecule has 2 heterocycles. The molecule has 4 nitrogen and oxygen atoms in total. The molecule has 0 amide bonds. The van der Waals surface area contributed by atoms with Crippen molar-refractivity contribution in [2.24, 2.45) is 0 Å². The number of hydrogen-bond donors (Lipinski definition) is 0. The smallest absolute Gasteiger partial charge is 0.144 e. The predicted molar refractivity (Wildman–Crippen MR) is 376 cm³/mol. The van der Waals surface area contributed by atoms with Crippen molar-refractivity contribution < 1.29 is 8.83 Å². The summed E-state index contributed by atoms with van der Waals surface area (Å²) in [6.45, 7) is 27.4. The maximum Gasteiger partial charge on any atom is 0.144 e. The van der Waals surface area contributed by atoms with Gasteiger partial charge >= 0.3 is 0 Å². The van der Waals surface area contributed by atoms with Gasteiger partial charge < -0.3 is 18.6 Å². The SMILES string of the molecule is CC(C)(C)c1ccc(N(c2ccc(C(C)(C)C)cc2)c2ccc3c4c(c5c6ccccc6oc5c3c2)-c2c(c3ccc(N(c5ccc(C(C)(C)C)cc5)c5ccc(C(C)(C)C)cc5)cc3c3c2oc2ccccc23)C42c3ccccc3-c3ccccc32)cc1. The summed E-state index contributed by atoms with van der Waals surface area (Å²) in [5, 5.41) is 8.89. The third-order valence-electron chi connectivity index (χ3n) is 19.7. The van der Waals surface area contributed by atoms with E-state index in [-0.39, 0.29) is 21.7 Å². The van der Waals surface area contributed by atoms with Crippen LogP contribution < -0.4 is 9.80 Å². The summed E-state index contributed by atoms with van der Waals surface area (Å²) in [7, 11) is 0. The predicted octanol–water partition coefficient (Wildman–Crippen LogP) is 24.3. The van der Waals surface area contributed by atoms with Crippen LogP contribution in [0.5, 0.6) is 0 Å². The molecule has 0 N–H and O–H groups in total. The summed E-state index contributed by atoms with van der Waals surface area (Å²) < 4.78 is 15.0. The van der Waals surface area contributed by atoms with Crippen LogP contribution >= 0.6 is 0 Å². The molecule has 0 radical (unpaired) electrons. The molecule has 4 heteroatoms. The molecular formula is C85H74N2O2. The number of para-hydroxylation sites is 2. The Morgan fingerprint density at radius 1 is 0.281 bits per heavy atom. The highest BCUT2D eigenvalue weighted by molar-refractivity contribution is 6.33. The van der Waals surface area contributed by atoms with Crippen molar-refractivity contribution in [3.05, 3.63) is 275 Å². The van der Waals surface area contributed by atoms with Gasteiger partial charge in [-0.3, -0.25) is 0 Å². The third-order valence-corrected chi connectivity index (χ3v) is 19.7. The summed E-state index contributed by atoms with van der Waals surface area (Å²) in [5.41, 5.74) is 24.1. The van der Waals surface area contributed by atoms with Gasteiger partial charge in [-0.15, -0.1) is 0 Å². The van der Waals surface area contributed by atoms with Gasteiger partial charge in [-0.1, -0.05) is 229 Å². The van der Waals surface area contributed by atoms with Crippen molar-refractivity contribution in [2.75, 3.05) is 9.80 Å². The molecule has 0 unspecified atom stereocenters. The minimum atomic E-state index is -0.812. The Morgan fingerprint density at radius 3 is 1.04 bits per heavy atom. The molecule has 89 heavy (non-hydrogen) atoms. The Kier molecular flexibility index (Phi) is 11.8. The topological polar surface area (TPSA) is 32.8 Å². The normalized spacial score (nSPS) is 13.7. The van der Waals surface area contributed by atoms with E-state index in [9.17, 15) is 0 Å². The summed E-state index contributed by atoms with van der Waals surface area (Å²) in [4.78, 5) is 4.87. The quantitative estimate of drug-likeness (QED) is 0.166. The minimum absolute atomic E-state index is 0.000122. The second kappa shape index (κ2) is 19.2. The van der Waals surface area contributed by atoms with Crippen LogP contribution in [-0.2, 0) is 27.1 Å². The highest BCUT2D eigenvalue weighted by Crippen LogP contribution is 2.69. The van der Waals surface area contributed by atoms with Gasteiger partial charge in [0.1, 0.15) is 22.3 Å². The fraction of sp³-hybridized carbons (Fsp3) is 0.200. The molecule has 14 aromatic rings. The highest BCUT2D eigenvalue weighted by atomic mass is 16.3. The molecule has 12 aromatic carbocycles. The van der Waals surface area contributed by atoms with Crippen molar-refractivity contribution in [3.63, 3.8) is 0 Å². The number of benzene rings is 12. The van der Waals surface area contributed by atoms with Gasteiger partial charge in [-0.2, -0.15) is 0 Å². The number of hydrogen-bond acceptors (Lipinski definition) is 4. The fourth-order valence-electron chi connectivity index (χ4n) is 15.2. The maximum atomic E-state index is 7.60. The van der Waals surface area contributed by atoms with Crippen LogP contribution in [0.15, 0.2) is 239 Å². The fourth-order valence-corrected chi connectivity index (χ4v) is 15.2. The van der Waals surface area contributed by atoms with E-state index in [1.165, 1.54) is 61.0 Å². The van der Waals surface area contributed by atoms with Crippen LogP contribution in [-0.4, -0.2) is 0 Å². The third kappa shape index (κ3) is 8.18. The maximum absolute atomic E-state index is 7.60. The lowest BCUT2D eigenvalue weighted by molar-refractivity contribution is 0.590. The first-order chi connectivity index (χ1) is 42.7. The van der Waals surface area contributed by atoms with E-state index in [4.69, 9.17) is 8.83 Å². The van der Waals surface area contributed by atoms with E-state index >= 15 is 0 Å². The van der Waals surface area contributed by atoms with Crippen LogP contribution in [0.2, 0.25) is 0 Å². The van der Waals surface area contributed by atoms with Crippen molar-refractivity contribution in [1.29, 1.82) is 0 Å². The van der Waals surface area contributed by atoms with E-state index in [1.54, 1.807) is 0 Å². The lowest BCUT2D eigenvalue weighted by atomic mass is 9.68. The second-order valence-electron chi connectivity index (χ2n) is 29.3. The number of anilines is 6. The molecule has 0 fully saturated rings. The Hall–Kier alpha value is -9.64. The van der Waals surface area contributed by atoms with Crippen molar-refractivity contribution in [2.45, 2.75) is 110 Å². The van der Waals surface area contributed by atoms with Crippen LogP contribution in [0.4, 0.5) is 34.1 Å². The Balaban J connectivity index is 1.04. The van der Waals surface area contributed by atoms with Crippen molar-refractivity contribution in [3.8, 4) is 22.3 Å². The second-order valence-corrected chi connectivity index (χ2v) is 29.3. The van der Waals surface area contributed by atoms with E-state index in [1.807, 2.05) is 0 Å². The summed E-state index contributed by atoms with van der Waals surface area (Å²) in [6, 6.07) is 87.0. The average molecular weight is 1160 g/mol. The van der Waals surface area contributed by atoms with Gasteiger partial charge in [-0.05, 0) is 178 Å². The van der Waals surface area contributed by atoms with Crippen LogP contribution in [0.1, 0.15) is 128 Å². The number of nitrogens with zero attached hydrogens (tertiary/aromatic N) is 2. The lowest BCUT2D eigenvalue weighted by Crippen LogP contribution is -2.26. The molecule has 1 spiro atoms. The van der Waals surface area contributed by atoms with Crippen molar-refractivity contribution >= 4 is 99.5 Å². The van der Waals surface area contributed by atoms with Crippen LogP contribution in [0, 0.1) is 0 Å². The van der Waals surface area contributed by atoms with E-state index < -0.39 is 5.41 Å². The van der Waals surface area contributed by atoms with Gasteiger partial charge in [0.05, 0.1) is 5.41 Å². The molecule has 2 aromatic heterocycles. The molecular weight excluding hydrogens is 1080 g/mol. The van der Waals surface area contributed by atoms with Crippen molar-refractivity contribution in [1.82, 2.24) is 0 Å². The molecule has 16 rings (SSSR count). The largest absolute Gasteiger partial charge is 0.455 e. The Morgan fingerprint density at radius 2 is 0.618 bits per heavy atom. The van der Waals surface area contributed by atoms with Gasteiger partial charge in [-0.25, -0.2) is 0 Å². The first kappa shape index (κ1) is 54.7. The molecule has 2 aliphatic rings. The van der Waals surface area contributed by atoms with E-state index in [0.717, 1.165) is 105 Å². The first-order valence-electron chi connectivity index (χ1n) is 31.7. The van der Waals surface area contributed by atoms with Gasteiger partial charge in [0, 0.05) is 72.2 Å². The number of furan rings is 2. The summed E-state index contributed by atoms with van der Waals surface area (Å²) in [6.07, 6.45) is 0. The standard InChI is InChI=1S/C85H74N2O2/c1-81(2,3)51-29-37-55(38-30-51)86(56-39-31-52(32-40-56)82(4,5)6)59-45-47-63-67(49-59)73-65-23-15-19-27-71(65)89-80(73)76-75-74-66-24-16-20-28-72(66)88-79(74)68-50-60(87(57-41-33-53(34-42-57)83(7,8)9)58-43-35-54(36-44-58)84(10,11)12)46-48-64(68)77(75)85(78(63)76)69-25-17-13-21-61(69)62-22-14-18-26-70(62)85/h13-50H,1-12H3.